The number of aliphatic hydroxyl groups excluding tert-OH is 1. The highest BCUT2D eigenvalue weighted by molar-refractivity contribution is 5.93. The van der Waals surface area contributed by atoms with Gasteiger partial charge in [-0.25, -0.2) is 0 Å². The van der Waals surface area contributed by atoms with Crippen LogP contribution in [0.4, 0.5) is 13.2 Å². The molecule has 0 fully saturated rings. The lowest BCUT2D eigenvalue weighted by molar-refractivity contribution is -0.141. The van der Waals surface area contributed by atoms with Gasteiger partial charge in [-0.1, -0.05) is 30.3 Å². The Morgan fingerprint density at radius 1 is 1.17 bits per heavy atom. The molecule has 2 aromatic rings. The molecule has 24 heavy (non-hydrogen) atoms. The van der Waals surface area contributed by atoms with E-state index >= 15 is 0 Å². The largest absolute Gasteiger partial charge is 0.433 e. The third kappa shape index (κ3) is 4.79. The second-order valence-corrected chi connectivity index (χ2v) is 5.26. The van der Waals surface area contributed by atoms with Gasteiger partial charge in [0, 0.05) is 25.3 Å². The van der Waals surface area contributed by atoms with E-state index < -0.39 is 17.8 Å². The van der Waals surface area contributed by atoms with E-state index in [1.54, 1.807) is 0 Å². The molecule has 0 spiro atoms. The van der Waals surface area contributed by atoms with Crippen LogP contribution in [0.25, 0.3) is 0 Å². The zero-order valence-corrected chi connectivity index (χ0v) is 12.8. The second kappa shape index (κ2) is 7.92. The highest BCUT2D eigenvalue weighted by atomic mass is 19.4. The zero-order chi connectivity index (χ0) is 17.6. The number of amides is 1. The van der Waals surface area contributed by atoms with Crippen molar-refractivity contribution in [2.45, 2.75) is 18.5 Å². The summed E-state index contributed by atoms with van der Waals surface area (Å²) in [5.41, 5.74) is -0.0160. The smallest absolute Gasteiger partial charge is 0.396 e. The van der Waals surface area contributed by atoms with Gasteiger partial charge in [-0.05, 0) is 24.1 Å². The fourth-order valence-corrected chi connectivity index (χ4v) is 2.28. The molecular weight excluding hydrogens is 321 g/mol. The van der Waals surface area contributed by atoms with Crippen molar-refractivity contribution in [3.8, 4) is 0 Å². The molecule has 2 N–H and O–H groups in total. The van der Waals surface area contributed by atoms with Crippen LogP contribution in [-0.4, -0.2) is 29.1 Å². The molecule has 1 unspecified atom stereocenters. The molecular formula is C17H17F3N2O2. The van der Waals surface area contributed by atoms with Crippen molar-refractivity contribution in [1.82, 2.24) is 10.3 Å². The van der Waals surface area contributed by atoms with Crippen LogP contribution in [0, 0.1) is 0 Å². The first-order valence-corrected chi connectivity index (χ1v) is 7.39. The van der Waals surface area contributed by atoms with Crippen molar-refractivity contribution < 1.29 is 23.1 Å². The summed E-state index contributed by atoms with van der Waals surface area (Å²) in [6.07, 6.45) is -3.16. The minimum Gasteiger partial charge on any atom is -0.396 e. The lowest BCUT2D eigenvalue weighted by atomic mass is 9.96. The molecule has 1 heterocycles. The van der Waals surface area contributed by atoms with Crippen LogP contribution < -0.4 is 5.32 Å². The van der Waals surface area contributed by atoms with Crippen LogP contribution in [-0.2, 0) is 6.18 Å². The number of carbonyl (C=O) groups excluding carboxylic acids is 1. The minimum absolute atomic E-state index is 0.0305. The van der Waals surface area contributed by atoms with E-state index in [-0.39, 0.29) is 24.6 Å². The Hall–Kier alpha value is -2.41. The van der Waals surface area contributed by atoms with Crippen LogP contribution in [0.3, 0.4) is 0 Å². The van der Waals surface area contributed by atoms with E-state index in [1.165, 1.54) is 0 Å². The Labute approximate surface area is 137 Å². The zero-order valence-electron chi connectivity index (χ0n) is 12.8. The van der Waals surface area contributed by atoms with Gasteiger partial charge >= 0.3 is 6.18 Å². The maximum Gasteiger partial charge on any atom is 0.433 e. The molecule has 1 amide bonds. The fourth-order valence-electron chi connectivity index (χ4n) is 2.28. The average Bonchev–Trinajstić information content (AvgIpc) is 2.58. The number of nitrogens with zero attached hydrogens (tertiary/aromatic N) is 1. The maximum atomic E-state index is 12.5. The van der Waals surface area contributed by atoms with Gasteiger partial charge < -0.3 is 10.4 Å². The molecule has 0 bridgehead atoms. The van der Waals surface area contributed by atoms with Crippen molar-refractivity contribution in [1.29, 1.82) is 0 Å². The third-order valence-corrected chi connectivity index (χ3v) is 3.57. The number of aliphatic hydroxyl groups is 1. The van der Waals surface area contributed by atoms with E-state index in [0.29, 0.717) is 6.42 Å². The van der Waals surface area contributed by atoms with Crippen molar-refractivity contribution in [3.05, 3.63) is 65.5 Å². The second-order valence-electron chi connectivity index (χ2n) is 5.26. The van der Waals surface area contributed by atoms with Crippen LogP contribution in [0.1, 0.15) is 34.0 Å². The summed E-state index contributed by atoms with van der Waals surface area (Å²) >= 11 is 0. The number of hydrogen-bond donors (Lipinski definition) is 2. The number of carbonyl (C=O) groups is 1. The quantitative estimate of drug-likeness (QED) is 0.851. The summed E-state index contributed by atoms with van der Waals surface area (Å²) in [5.74, 6) is -0.586. The molecule has 1 atom stereocenters. The number of halogens is 3. The summed E-state index contributed by atoms with van der Waals surface area (Å²) in [7, 11) is 0. The van der Waals surface area contributed by atoms with Gasteiger partial charge in [0.25, 0.3) is 5.91 Å². The van der Waals surface area contributed by atoms with Gasteiger partial charge in [-0.2, -0.15) is 13.2 Å². The van der Waals surface area contributed by atoms with Gasteiger partial charge in [-0.15, -0.1) is 0 Å². The highest BCUT2D eigenvalue weighted by Gasteiger charge is 2.32. The maximum absolute atomic E-state index is 12.5. The summed E-state index contributed by atoms with van der Waals surface area (Å²) in [6, 6.07) is 11.2. The summed E-state index contributed by atoms with van der Waals surface area (Å²) in [4.78, 5) is 15.3. The molecule has 7 heteroatoms. The van der Waals surface area contributed by atoms with Crippen molar-refractivity contribution >= 4 is 5.91 Å². The molecule has 0 aliphatic heterocycles. The van der Waals surface area contributed by atoms with Gasteiger partial charge in [0.1, 0.15) is 5.69 Å². The van der Waals surface area contributed by atoms with E-state index in [1.807, 2.05) is 30.3 Å². The number of benzene rings is 1. The first-order chi connectivity index (χ1) is 11.4. The van der Waals surface area contributed by atoms with Crippen molar-refractivity contribution in [2.75, 3.05) is 13.2 Å². The van der Waals surface area contributed by atoms with Gasteiger partial charge in [0.15, 0.2) is 0 Å². The SMILES string of the molecule is O=C(NCC(CCO)c1ccccc1)c1ccc(C(F)(F)F)nc1. The first kappa shape index (κ1) is 17.9. The molecule has 0 aliphatic rings. The van der Waals surface area contributed by atoms with Crippen molar-refractivity contribution in [3.63, 3.8) is 0 Å². The Morgan fingerprint density at radius 3 is 2.42 bits per heavy atom. The first-order valence-electron chi connectivity index (χ1n) is 7.39. The summed E-state index contributed by atoms with van der Waals surface area (Å²) in [5, 5.41) is 11.8. The van der Waals surface area contributed by atoms with Crippen molar-refractivity contribution in [2.24, 2.45) is 0 Å². The number of pyridine rings is 1. The number of aromatic nitrogens is 1. The number of nitrogens with one attached hydrogen (secondary N) is 1. The predicted molar refractivity (Wildman–Crippen MR) is 82.5 cm³/mol. The Morgan fingerprint density at radius 2 is 1.88 bits per heavy atom. The van der Waals surface area contributed by atoms with Crippen LogP contribution in [0.5, 0.6) is 0 Å². The lowest BCUT2D eigenvalue weighted by Crippen LogP contribution is -2.29. The van der Waals surface area contributed by atoms with Gasteiger partial charge in [-0.3, -0.25) is 9.78 Å². The van der Waals surface area contributed by atoms with Crippen LogP contribution in [0.15, 0.2) is 48.7 Å². The average molecular weight is 338 g/mol. The highest BCUT2D eigenvalue weighted by Crippen LogP contribution is 2.27. The third-order valence-electron chi connectivity index (χ3n) is 3.57. The standard InChI is InChI=1S/C17H17F3N2O2/c18-17(19,20)15-7-6-14(11-21-15)16(24)22-10-13(8-9-23)12-4-2-1-3-5-12/h1-7,11,13,23H,8-10H2,(H,22,24). The molecule has 0 saturated heterocycles. The lowest BCUT2D eigenvalue weighted by Gasteiger charge is -2.17. The monoisotopic (exact) mass is 338 g/mol. The molecule has 1 aromatic heterocycles. The Balaban J connectivity index is 2.00. The molecule has 4 nitrogen and oxygen atoms in total. The van der Waals surface area contributed by atoms with E-state index in [0.717, 1.165) is 23.9 Å². The van der Waals surface area contributed by atoms with Gasteiger partial charge in [0.2, 0.25) is 0 Å². The number of alkyl halides is 3. The van der Waals surface area contributed by atoms with Crippen LogP contribution in [0.2, 0.25) is 0 Å². The molecule has 0 radical (unpaired) electrons. The normalized spacial score (nSPS) is 12.7. The van der Waals surface area contributed by atoms with Gasteiger partial charge in [0.05, 0.1) is 5.56 Å². The Kier molecular flexibility index (Phi) is 5.92. The number of rotatable bonds is 6. The van der Waals surface area contributed by atoms with E-state index in [2.05, 4.69) is 10.3 Å². The summed E-state index contributed by atoms with van der Waals surface area (Å²) < 4.78 is 37.4. The molecule has 0 saturated carbocycles. The summed E-state index contributed by atoms with van der Waals surface area (Å²) in [6.45, 7) is 0.238. The van der Waals surface area contributed by atoms with Crippen LogP contribution >= 0.6 is 0 Å². The Bertz CT molecular complexity index is 658. The molecule has 1 aromatic carbocycles. The van der Waals surface area contributed by atoms with E-state index in [4.69, 9.17) is 5.11 Å². The minimum atomic E-state index is -4.53. The fraction of sp³-hybridized carbons (Fsp3) is 0.294. The molecule has 2 rings (SSSR count). The topological polar surface area (TPSA) is 62.2 Å². The predicted octanol–water partition coefficient (Wildman–Crippen LogP) is 3.00. The van der Waals surface area contributed by atoms with E-state index in [9.17, 15) is 18.0 Å². The number of hydrogen-bond acceptors (Lipinski definition) is 3. The molecule has 128 valence electrons. The molecule has 0 aliphatic carbocycles.